The summed E-state index contributed by atoms with van der Waals surface area (Å²) < 4.78 is 41.6. The van der Waals surface area contributed by atoms with Crippen molar-refractivity contribution in [2.45, 2.75) is 31.3 Å². The third-order valence-corrected chi connectivity index (χ3v) is 4.26. The number of carbonyl (C=O) groups is 1. The van der Waals surface area contributed by atoms with Gasteiger partial charge in [-0.2, -0.15) is 0 Å². The summed E-state index contributed by atoms with van der Waals surface area (Å²) in [6.45, 7) is 4.43. The molecule has 1 aromatic rings. The van der Waals surface area contributed by atoms with Gasteiger partial charge >= 0.3 is 5.97 Å². The standard InChI is InChI=1S/C15H23NO6S/c1-12(2)21-10-4-9-16-23(18,19)14-7-5-13(6-8-14)22-11-15(17)20-3/h5-8,12,16H,4,9-11H2,1-3H3. The van der Waals surface area contributed by atoms with Crippen LogP contribution in [0.5, 0.6) is 5.75 Å². The first-order valence-corrected chi connectivity index (χ1v) is 8.74. The topological polar surface area (TPSA) is 90.9 Å². The molecule has 0 saturated carbocycles. The lowest BCUT2D eigenvalue weighted by Gasteiger charge is -2.09. The number of esters is 1. The first kappa shape index (κ1) is 19.4. The molecule has 1 rings (SSSR count). The molecule has 0 spiro atoms. The molecule has 0 saturated heterocycles. The van der Waals surface area contributed by atoms with Crippen molar-refractivity contribution >= 4 is 16.0 Å². The Hall–Kier alpha value is -1.64. The van der Waals surface area contributed by atoms with Crippen LogP contribution in [0.15, 0.2) is 29.2 Å². The fourth-order valence-electron chi connectivity index (χ4n) is 1.60. The summed E-state index contributed by atoms with van der Waals surface area (Å²) in [6.07, 6.45) is 0.724. The van der Waals surface area contributed by atoms with Gasteiger partial charge < -0.3 is 14.2 Å². The van der Waals surface area contributed by atoms with E-state index in [2.05, 4.69) is 9.46 Å². The molecule has 0 fully saturated rings. The number of methoxy groups -OCH3 is 1. The normalized spacial score (nSPS) is 11.5. The predicted octanol–water partition coefficient (Wildman–Crippen LogP) is 1.33. The summed E-state index contributed by atoms with van der Waals surface area (Å²) in [5.74, 6) is -0.119. The Morgan fingerprint density at radius 1 is 1.22 bits per heavy atom. The lowest BCUT2D eigenvalue weighted by molar-refractivity contribution is -0.142. The fourth-order valence-corrected chi connectivity index (χ4v) is 2.67. The van der Waals surface area contributed by atoms with Crippen molar-refractivity contribution < 1.29 is 27.4 Å². The first-order chi connectivity index (χ1) is 10.8. The second-order valence-corrected chi connectivity index (χ2v) is 6.77. The van der Waals surface area contributed by atoms with Gasteiger partial charge in [-0.05, 0) is 44.5 Å². The van der Waals surface area contributed by atoms with Gasteiger partial charge in [0.2, 0.25) is 10.0 Å². The van der Waals surface area contributed by atoms with Crippen LogP contribution in [0, 0.1) is 0 Å². The molecule has 130 valence electrons. The molecule has 0 unspecified atom stereocenters. The SMILES string of the molecule is COC(=O)COc1ccc(S(=O)(=O)NCCCOC(C)C)cc1. The third kappa shape index (κ3) is 7.45. The van der Waals surface area contributed by atoms with E-state index in [0.717, 1.165) is 0 Å². The molecule has 7 nitrogen and oxygen atoms in total. The van der Waals surface area contributed by atoms with Crippen molar-refractivity contribution in [3.05, 3.63) is 24.3 Å². The Balaban J connectivity index is 2.48. The van der Waals surface area contributed by atoms with E-state index < -0.39 is 16.0 Å². The van der Waals surface area contributed by atoms with Crippen LogP contribution >= 0.6 is 0 Å². The summed E-state index contributed by atoms with van der Waals surface area (Å²) in [5, 5.41) is 0. The van der Waals surface area contributed by atoms with E-state index in [9.17, 15) is 13.2 Å². The Morgan fingerprint density at radius 2 is 1.87 bits per heavy atom. The maximum absolute atomic E-state index is 12.1. The van der Waals surface area contributed by atoms with Gasteiger partial charge in [0.05, 0.1) is 18.1 Å². The van der Waals surface area contributed by atoms with E-state index >= 15 is 0 Å². The van der Waals surface area contributed by atoms with Crippen molar-refractivity contribution in [1.82, 2.24) is 4.72 Å². The van der Waals surface area contributed by atoms with Crippen LogP contribution in [0.3, 0.4) is 0 Å². The lowest BCUT2D eigenvalue weighted by atomic mass is 10.3. The highest BCUT2D eigenvalue weighted by Crippen LogP contribution is 2.15. The number of rotatable bonds is 10. The van der Waals surface area contributed by atoms with Gasteiger partial charge in [-0.15, -0.1) is 0 Å². The van der Waals surface area contributed by atoms with Gasteiger partial charge in [-0.1, -0.05) is 0 Å². The Bertz CT molecular complexity index is 582. The van der Waals surface area contributed by atoms with Crippen LogP contribution in [0.25, 0.3) is 0 Å². The van der Waals surface area contributed by atoms with Crippen LogP contribution in [-0.2, 0) is 24.3 Å². The molecule has 0 aliphatic carbocycles. The van der Waals surface area contributed by atoms with E-state index in [-0.39, 0.29) is 17.6 Å². The molecular weight excluding hydrogens is 322 g/mol. The molecule has 1 N–H and O–H groups in total. The zero-order chi connectivity index (χ0) is 17.3. The number of sulfonamides is 1. The molecule has 0 atom stereocenters. The van der Waals surface area contributed by atoms with Crippen LogP contribution in [-0.4, -0.2) is 47.4 Å². The molecule has 0 bridgehead atoms. The molecule has 0 aliphatic rings. The first-order valence-electron chi connectivity index (χ1n) is 7.26. The molecule has 23 heavy (non-hydrogen) atoms. The lowest BCUT2D eigenvalue weighted by Crippen LogP contribution is -2.25. The molecule has 0 amide bonds. The molecular formula is C15H23NO6S. The highest BCUT2D eigenvalue weighted by Gasteiger charge is 2.13. The van der Waals surface area contributed by atoms with Gasteiger partial charge in [0.1, 0.15) is 5.75 Å². The van der Waals surface area contributed by atoms with Crippen molar-refractivity contribution in [2.75, 3.05) is 26.9 Å². The summed E-state index contributed by atoms with van der Waals surface area (Å²) in [6, 6.07) is 5.80. The van der Waals surface area contributed by atoms with Crippen molar-refractivity contribution in [1.29, 1.82) is 0 Å². The number of hydrogen-bond acceptors (Lipinski definition) is 6. The minimum Gasteiger partial charge on any atom is -0.482 e. The van der Waals surface area contributed by atoms with Gasteiger partial charge in [0, 0.05) is 13.2 Å². The number of hydrogen-bond donors (Lipinski definition) is 1. The largest absolute Gasteiger partial charge is 0.482 e. The molecule has 8 heteroatoms. The average molecular weight is 345 g/mol. The van der Waals surface area contributed by atoms with Crippen LogP contribution in [0.4, 0.5) is 0 Å². The fraction of sp³-hybridized carbons (Fsp3) is 0.533. The Kier molecular flexibility index (Phi) is 8.01. The second-order valence-electron chi connectivity index (χ2n) is 5.01. The molecule has 0 radical (unpaired) electrons. The maximum atomic E-state index is 12.1. The highest BCUT2D eigenvalue weighted by molar-refractivity contribution is 7.89. The van der Waals surface area contributed by atoms with Gasteiger partial charge in [-0.3, -0.25) is 0 Å². The second kappa shape index (κ2) is 9.49. The van der Waals surface area contributed by atoms with Gasteiger partial charge in [0.25, 0.3) is 0 Å². The molecule has 1 aromatic carbocycles. The van der Waals surface area contributed by atoms with Crippen molar-refractivity contribution in [2.24, 2.45) is 0 Å². The Morgan fingerprint density at radius 3 is 2.43 bits per heavy atom. The number of nitrogens with one attached hydrogen (secondary N) is 1. The van der Waals surface area contributed by atoms with Crippen LogP contribution < -0.4 is 9.46 Å². The van der Waals surface area contributed by atoms with E-state index in [4.69, 9.17) is 9.47 Å². The molecule has 0 aromatic heterocycles. The Labute approximate surface area is 137 Å². The quantitative estimate of drug-likeness (QED) is 0.508. The average Bonchev–Trinajstić information content (AvgIpc) is 2.52. The smallest absolute Gasteiger partial charge is 0.343 e. The van der Waals surface area contributed by atoms with E-state index in [0.29, 0.717) is 25.3 Å². The predicted molar refractivity (Wildman–Crippen MR) is 84.8 cm³/mol. The van der Waals surface area contributed by atoms with Gasteiger partial charge in [0.15, 0.2) is 6.61 Å². The summed E-state index contributed by atoms with van der Waals surface area (Å²) in [5.41, 5.74) is 0. The highest BCUT2D eigenvalue weighted by atomic mass is 32.2. The number of ether oxygens (including phenoxy) is 3. The van der Waals surface area contributed by atoms with E-state index in [1.165, 1.54) is 31.4 Å². The summed E-state index contributed by atoms with van der Waals surface area (Å²) in [7, 11) is -2.30. The minimum absolute atomic E-state index is 0.129. The summed E-state index contributed by atoms with van der Waals surface area (Å²) in [4.78, 5) is 11.1. The number of benzene rings is 1. The van der Waals surface area contributed by atoms with Gasteiger partial charge in [-0.25, -0.2) is 17.9 Å². The van der Waals surface area contributed by atoms with Crippen molar-refractivity contribution in [3.63, 3.8) is 0 Å². The molecule has 0 aliphatic heterocycles. The third-order valence-electron chi connectivity index (χ3n) is 2.78. The number of carbonyl (C=O) groups excluding carboxylic acids is 1. The van der Waals surface area contributed by atoms with E-state index in [1.807, 2.05) is 13.8 Å². The van der Waals surface area contributed by atoms with Crippen LogP contribution in [0.2, 0.25) is 0 Å². The van der Waals surface area contributed by atoms with Crippen LogP contribution in [0.1, 0.15) is 20.3 Å². The minimum atomic E-state index is -3.57. The molecule has 0 heterocycles. The van der Waals surface area contributed by atoms with E-state index in [1.54, 1.807) is 0 Å². The zero-order valence-electron chi connectivity index (χ0n) is 13.6. The maximum Gasteiger partial charge on any atom is 0.343 e. The summed E-state index contributed by atoms with van der Waals surface area (Å²) >= 11 is 0. The monoisotopic (exact) mass is 345 g/mol. The zero-order valence-corrected chi connectivity index (χ0v) is 14.4. The van der Waals surface area contributed by atoms with Crippen molar-refractivity contribution in [3.8, 4) is 5.75 Å².